The maximum absolute atomic E-state index is 12.5. The molecule has 2 heterocycles. The Balaban J connectivity index is 2.20. The van der Waals surface area contributed by atoms with Gasteiger partial charge in [-0.15, -0.1) is 0 Å². The van der Waals surface area contributed by atoms with Gasteiger partial charge in [0.2, 0.25) is 14.2 Å². The fraction of sp³-hybridized carbons (Fsp3) is 0.727. The summed E-state index contributed by atoms with van der Waals surface area (Å²) in [5.41, 5.74) is 0. The Morgan fingerprint density at radius 2 is 2.28 bits per heavy atom. The average Bonchev–Trinajstić information content (AvgIpc) is 2.77. The molecule has 2 rings (SSSR count). The van der Waals surface area contributed by atoms with E-state index in [0.717, 1.165) is 23.2 Å². The Kier molecular flexibility index (Phi) is 4.46. The molecule has 0 aromatic carbocycles. The fourth-order valence-electron chi connectivity index (χ4n) is 2.20. The van der Waals surface area contributed by atoms with E-state index >= 15 is 0 Å². The molecule has 102 valence electrons. The van der Waals surface area contributed by atoms with Crippen LogP contribution in [0.15, 0.2) is 14.3 Å². The van der Waals surface area contributed by atoms with E-state index in [1.54, 1.807) is 6.20 Å². The van der Waals surface area contributed by atoms with E-state index < -0.39 is 9.84 Å². The Morgan fingerprint density at radius 3 is 2.83 bits per heavy atom. The van der Waals surface area contributed by atoms with E-state index in [4.69, 9.17) is 0 Å². The highest BCUT2D eigenvalue weighted by Gasteiger charge is 2.34. The lowest BCUT2D eigenvalue weighted by Gasteiger charge is -2.34. The molecule has 0 spiro atoms. The van der Waals surface area contributed by atoms with E-state index in [-0.39, 0.29) is 9.59 Å². The van der Waals surface area contributed by atoms with Gasteiger partial charge in [0.15, 0.2) is 0 Å². The predicted molar refractivity (Wildman–Crippen MR) is 76.7 cm³/mol. The summed E-state index contributed by atoms with van der Waals surface area (Å²) in [5, 5.41) is -0.313. The molecule has 7 heteroatoms. The van der Waals surface area contributed by atoms with Crippen LogP contribution >= 0.6 is 27.3 Å². The summed E-state index contributed by atoms with van der Waals surface area (Å²) in [6, 6.07) is 0.394. The second-order valence-electron chi connectivity index (χ2n) is 4.83. The lowest BCUT2D eigenvalue weighted by Crippen LogP contribution is -2.45. The zero-order valence-electron chi connectivity index (χ0n) is 10.5. The molecule has 1 aliphatic heterocycles. The molecule has 1 atom stereocenters. The Bertz CT molecular complexity index is 513. The number of nitrogens with zero attached hydrogens (tertiary/aromatic N) is 2. The number of halogens is 1. The van der Waals surface area contributed by atoms with Crippen molar-refractivity contribution >= 4 is 37.1 Å². The first kappa shape index (κ1) is 14.4. The average molecular weight is 353 g/mol. The van der Waals surface area contributed by atoms with Crippen molar-refractivity contribution in [3.8, 4) is 0 Å². The Hall–Kier alpha value is 0.0200. The number of sulfone groups is 1. The zero-order valence-corrected chi connectivity index (χ0v) is 13.7. The largest absolute Gasteiger partial charge is 0.300 e. The minimum Gasteiger partial charge on any atom is -0.300 e. The van der Waals surface area contributed by atoms with E-state index in [1.165, 1.54) is 11.3 Å². The lowest BCUT2D eigenvalue weighted by atomic mass is 10.1. The second-order valence-corrected chi connectivity index (χ2v) is 9.64. The van der Waals surface area contributed by atoms with Crippen molar-refractivity contribution < 1.29 is 8.42 Å². The van der Waals surface area contributed by atoms with Crippen LogP contribution in [-0.2, 0) is 9.84 Å². The van der Waals surface area contributed by atoms with Crippen LogP contribution in [0.2, 0.25) is 0 Å². The summed E-state index contributed by atoms with van der Waals surface area (Å²) in [4.78, 5) is 6.23. The van der Waals surface area contributed by atoms with Crippen LogP contribution in [0, 0.1) is 0 Å². The number of hydrogen-bond acceptors (Lipinski definition) is 5. The molecule has 18 heavy (non-hydrogen) atoms. The monoisotopic (exact) mass is 352 g/mol. The molecule has 1 aliphatic rings. The topological polar surface area (TPSA) is 50.3 Å². The normalized spacial score (nSPS) is 22.6. The van der Waals surface area contributed by atoms with Gasteiger partial charge < -0.3 is 0 Å². The highest BCUT2D eigenvalue weighted by Crippen LogP contribution is 2.29. The van der Waals surface area contributed by atoms with E-state index in [9.17, 15) is 8.42 Å². The molecule has 1 aromatic rings. The predicted octanol–water partition coefficient (Wildman–Crippen LogP) is 2.55. The highest BCUT2D eigenvalue weighted by atomic mass is 79.9. The smallest absolute Gasteiger partial charge is 0.210 e. The zero-order chi connectivity index (χ0) is 13.3. The molecular weight excluding hydrogens is 336 g/mol. The quantitative estimate of drug-likeness (QED) is 0.838. The molecule has 0 saturated carbocycles. The van der Waals surface area contributed by atoms with Crippen molar-refractivity contribution in [3.63, 3.8) is 0 Å². The van der Waals surface area contributed by atoms with Gasteiger partial charge in [-0.05, 0) is 49.2 Å². The molecular formula is C11H17BrN2O2S2. The number of thiazole rings is 1. The van der Waals surface area contributed by atoms with Crippen molar-refractivity contribution in [2.24, 2.45) is 0 Å². The van der Waals surface area contributed by atoms with Crippen LogP contribution < -0.4 is 0 Å². The van der Waals surface area contributed by atoms with Crippen molar-refractivity contribution in [2.45, 2.75) is 42.3 Å². The van der Waals surface area contributed by atoms with Crippen molar-refractivity contribution in [2.75, 3.05) is 13.1 Å². The van der Waals surface area contributed by atoms with Gasteiger partial charge in [-0.25, -0.2) is 13.4 Å². The lowest BCUT2D eigenvalue weighted by molar-refractivity contribution is 0.186. The minimum atomic E-state index is -3.27. The second kappa shape index (κ2) is 5.56. The van der Waals surface area contributed by atoms with Gasteiger partial charge in [0.1, 0.15) is 0 Å². The van der Waals surface area contributed by atoms with Gasteiger partial charge in [0, 0.05) is 12.6 Å². The summed E-state index contributed by atoms with van der Waals surface area (Å²) in [5.74, 6) is 0. The molecule has 0 aliphatic carbocycles. The summed E-state index contributed by atoms with van der Waals surface area (Å²) in [6.45, 7) is 5.83. The van der Waals surface area contributed by atoms with Crippen LogP contribution in [-0.4, -0.2) is 42.7 Å². The minimum absolute atomic E-state index is 0.241. The fourth-order valence-corrected chi connectivity index (χ4v) is 5.96. The third kappa shape index (κ3) is 2.95. The molecule has 0 radical (unpaired) electrons. The number of aromatic nitrogens is 1. The van der Waals surface area contributed by atoms with Crippen LogP contribution in [0.4, 0.5) is 0 Å². The Morgan fingerprint density at radius 1 is 1.56 bits per heavy atom. The number of rotatable bonds is 3. The summed E-state index contributed by atoms with van der Waals surface area (Å²) in [6.07, 6.45) is 3.23. The van der Waals surface area contributed by atoms with Crippen LogP contribution in [0.25, 0.3) is 0 Å². The molecule has 1 unspecified atom stereocenters. The highest BCUT2D eigenvalue weighted by molar-refractivity contribution is 9.11. The molecule has 0 N–H and O–H groups in total. The van der Waals surface area contributed by atoms with Crippen LogP contribution in [0.3, 0.4) is 0 Å². The number of piperidine rings is 1. The molecule has 1 aromatic heterocycles. The van der Waals surface area contributed by atoms with Gasteiger partial charge in [-0.1, -0.05) is 11.3 Å². The van der Waals surface area contributed by atoms with E-state index in [2.05, 4.69) is 39.7 Å². The maximum atomic E-state index is 12.5. The Labute approximate surface area is 120 Å². The standard InChI is InChI=1S/C11H17BrN2O2S2/c1-8(2)14-5-3-4-9(7-14)18(15,16)11-13-6-10(12)17-11/h6,8-9H,3-5,7H2,1-2H3. The van der Waals surface area contributed by atoms with Gasteiger partial charge in [0.05, 0.1) is 15.2 Å². The molecule has 1 fully saturated rings. The number of hydrogen-bond donors (Lipinski definition) is 0. The SMILES string of the molecule is CC(C)N1CCCC(S(=O)(=O)c2ncc(Br)s2)C1. The summed E-state index contributed by atoms with van der Waals surface area (Å²) >= 11 is 4.46. The summed E-state index contributed by atoms with van der Waals surface area (Å²) < 4.78 is 25.9. The first-order valence-corrected chi connectivity index (χ1v) is 9.16. The van der Waals surface area contributed by atoms with Crippen LogP contribution in [0.5, 0.6) is 0 Å². The first-order chi connectivity index (χ1) is 8.41. The molecule has 0 bridgehead atoms. The van der Waals surface area contributed by atoms with Crippen molar-refractivity contribution in [1.82, 2.24) is 9.88 Å². The van der Waals surface area contributed by atoms with Crippen molar-refractivity contribution in [3.05, 3.63) is 9.98 Å². The van der Waals surface area contributed by atoms with E-state index in [1.807, 2.05) is 0 Å². The summed E-state index contributed by atoms with van der Waals surface area (Å²) in [7, 11) is -3.27. The van der Waals surface area contributed by atoms with Gasteiger partial charge >= 0.3 is 0 Å². The molecule has 0 amide bonds. The number of likely N-dealkylation sites (tertiary alicyclic amines) is 1. The third-order valence-electron chi connectivity index (χ3n) is 3.28. The van der Waals surface area contributed by atoms with E-state index in [0.29, 0.717) is 12.6 Å². The van der Waals surface area contributed by atoms with Gasteiger partial charge in [0.25, 0.3) is 0 Å². The maximum Gasteiger partial charge on any atom is 0.210 e. The first-order valence-electron chi connectivity index (χ1n) is 6.00. The molecule has 1 saturated heterocycles. The van der Waals surface area contributed by atoms with Crippen molar-refractivity contribution in [1.29, 1.82) is 0 Å². The van der Waals surface area contributed by atoms with Gasteiger partial charge in [-0.2, -0.15) is 0 Å². The third-order valence-corrected chi connectivity index (χ3v) is 7.35. The van der Waals surface area contributed by atoms with Gasteiger partial charge in [-0.3, -0.25) is 4.90 Å². The van der Waals surface area contributed by atoms with Crippen LogP contribution in [0.1, 0.15) is 26.7 Å². The molecule has 4 nitrogen and oxygen atoms in total.